The molecule has 0 aliphatic rings. The van der Waals surface area contributed by atoms with E-state index in [0.717, 1.165) is 11.3 Å². The predicted octanol–water partition coefficient (Wildman–Crippen LogP) is 3.99. The second-order valence-electron chi connectivity index (χ2n) is 6.45. The van der Waals surface area contributed by atoms with Crippen LogP contribution in [0.1, 0.15) is 37.7 Å². The van der Waals surface area contributed by atoms with Crippen LogP contribution in [0.2, 0.25) is 0 Å². The number of rotatable bonds is 6. The molecule has 0 radical (unpaired) electrons. The van der Waals surface area contributed by atoms with E-state index in [2.05, 4.69) is 15.6 Å². The first kappa shape index (κ1) is 19.6. The van der Waals surface area contributed by atoms with Crippen LogP contribution in [0.3, 0.4) is 0 Å². The molecule has 2 N–H and O–H groups in total. The van der Waals surface area contributed by atoms with Gasteiger partial charge in [-0.15, -0.1) is 11.3 Å². The maximum absolute atomic E-state index is 13.4. The van der Waals surface area contributed by atoms with Crippen LogP contribution in [0.4, 0.5) is 9.39 Å². The van der Waals surface area contributed by atoms with E-state index in [1.807, 2.05) is 7.05 Å². The van der Waals surface area contributed by atoms with E-state index in [0.29, 0.717) is 21.3 Å². The molecule has 0 saturated heterocycles. The van der Waals surface area contributed by atoms with Gasteiger partial charge in [0.15, 0.2) is 5.76 Å². The second kappa shape index (κ2) is 8.34. The number of aryl methyl sites for hydroxylation is 1. The SMILES string of the molecule is Cn1ccnc1[C@H](NC(=O)c1ccc(NC(=O)c2ccco2)s1)c1ccc(F)cc1. The van der Waals surface area contributed by atoms with E-state index in [-0.39, 0.29) is 17.5 Å². The molecule has 0 bridgehead atoms. The Labute approximate surface area is 175 Å². The van der Waals surface area contributed by atoms with Crippen molar-refractivity contribution in [1.29, 1.82) is 0 Å². The Morgan fingerprint density at radius 3 is 2.60 bits per heavy atom. The summed E-state index contributed by atoms with van der Waals surface area (Å²) in [5.74, 6) is -0.306. The number of hydrogen-bond acceptors (Lipinski definition) is 5. The van der Waals surface area contributed by atoms with Gasteiger partial charge in [0.2, 0.25) is 0 Å². The molecule has 3 aromatic heterocycles. The van der Waals surface area contributed by atoms with Crippen molar-refractivity contribution < 1.29 is 18.4 Å². The van der Waals surface area contributed by atoms with Crippen LogP contribution < -0.4 is 10.6 Å². The number of furan rings is 1. The zero-order chi connectivity index (χ0) is 21.1. The first-order valence-electron chi connectivity index (χ1n) is 8.99. The lowest BCUT2D eigenvalue weighted by molar-refractivity contribution is 0.0944. The Kier molecular flexibility index (Phi) is 5.44. The van der Waals surface area contributed by atoms with Crippen LogP contribution in [-0.2, 0) is 7.05 Å². The fourth-order valence-electron chi connectivity index (χ4n) is 2.92. The lowest BCUT2D eigenvalue weighted by Gasteiger charge is -2.18. The molecular formula is C21H17FN4O3S. The molecule has 4 aromatic rings. The summed E-state index contributed by atoms with van der Waals surface area (Å²) in [7, 11) is 1.82. The first-order valence-corrected chi connectivity index (χ1v) is 9.81. The van der Waals surface area contributed by atoms with Crippen molar-refractivity contribution in [3.05, 3.63) is 95.0 Å². The van der Waals surface area contributed by atoms with E-state index in [9.17, 15) is 14.0 Å². The molecule has 0 spiro atoms. The Bertz CT molecular complexity index is 1170. The molecule has 7 nitrogen and oxygen atoms in total. The van der Waals surface area contributed by atoms with Crippen molar-refractivity contribution in [2.75, 3.05) is 5.32 Å². The first-order chi connectivity index (χ1) is 14.5. The number of aromatic nitrogens is 2. The van der Waals surface area contributed by atoms with E-state index in [1.165, 1.54) is 18.4 Å². The number of nitrogens with one attached hydrogen (secondary N) is 2. The largest absolute Gasteiger partial charge is 0.459 e. The number of carbonyl (C=O) groups excluding carboxylic acids is 2. The Balaban J connectivity index is 1.53. The third-order valence-electron chi connectivity index (χ3n) is 4.41. The van der Waals surface area contributed by atoms with Gasteiger partial charge in [0.25, 0.3) is 11.8 Å². The van der Waals surface area contributed by atoms with Gasteiger partial charge in [0.1, 0.15) is 17.7 Å². The van der Waals surface area contributed by atoms with E-state index in [1.54, 1.807) is 53.4 Å². The van der Waals surface area contributed by atoms with Crippen molar-refractivity contribution >= 4 is 28.2 Å². The highest BCUT2D eigenvalue weighted by molar-refractivity contribution is 7.18. The maximum atomic E-state index is 13.4. The van der Waals surface area contributed by atoms with Gasteiger partial charge in [-0.25, -0.2) is 9.37 Å². The maximum Gasteiger partial charge on any atom is 0.291 e. The number of nitrogens with zero attached hydrogens (tertiary/aromatic N) is 2. The van der Waals surface area contributed by atoms with E-state index < -0.39 is 11.9 Å². The Morgan fingerprint density at radius 2 is 1.93 bits per heavy atom. The number of thiophene rings is 1. The van der Waals surface area contributed by atoms with Crippen LogP contribution in [0, 0.1) is 5.82 Å². The van der Waals surface area contributed by atoms with Crippen molar-refractivity contribution in [1.82, 2.24) is 14.9 Å². The molecule has 3 heterocycles. The van der Waals surface area contributed by atoms with Crippen molar-refractivity contribution in [2.45, 2.75) is 6.04 Å². The fourth-order valence-corrected chi connectivity index (χ4v) is 3.72. The molecule has 0 aliphatic carbocycles. The van der Waals surface area contributed by atoms with Crippen LogP contribution in [0.5, 0.6) is 0 Å². The van der Waals surface area contributed by atoms with Gasteiger partial charge in [0, 0.05) is 19.4 Å². The number of halogens is 1. The topological polar surface area (TPSA) is 89.2 Å². The molecule has 0 saturated carbocycles. The number of anilines is 1. The molecule has 2 amide bonds. The highest BCUT2D eigenvalue weighted by Crippen LogP contribution is 2.25. The van der Waals surface area contributed by atoms with Crippen LogP contribution in [0.25, 0.3) is 0 Å². The average molecular weight is 424 g/mol. The zero-order valence-corrected chi connectivity index (χ0v) is 16.7. The normalized spacial score (nSPS) is 11.8. The van der Waals surface area contributed by atoms with Gasteiger partial charge in [0.05, 0.1) is 16.1 Å². The number of benzene rings is 1. The van der Waals surface area contributed by atoms with Gasteiger partial charge >= 0.3 is 0 Å². The lowest BCUT2D eigenvalue weighted by Crippen LogP contribution is -2.30. The number of amides is 2. The van der Waals surface area contributed by atoms with E-state index >= 15 is 0 Å². The highest BCUT2D eigenvalue weighted by Gasteiger charge is 2.22. The van der Waals surface area contributed by atoms with Gasteiger partial charge < -0.3 is 19.6 Å². The van der Waals surface area contributed by atoms with Crippen molar-refractivity contribution in [2.24, 2.45) is 7.05 Å². The molecule has 0 fully saturated rings. The molecule has 4 rings (SSSR count). The third kappa shape index (κ3) is 4.15. The summed E-state index contributed by atoms with van der Waals surface area (Å²) in [5, 5.41) is 6.15. The monoisotopic (exact) mass is 424 g/mol. The molecule has 152 valence electrons. The van der Waals surface area contributed by atoms with E-state index in [4.69, 9.17) is 4.42 Å². The Morgan fingerprint density at radius 1 is 1.13 bits per heavy atom. The summed E-state index contributed by atoms with van der Waals surface area (Å²) in [6.07, 6.45) is 4.81. The minimum absolute atomic E-state index is 0.181. The Hall–Kier alpha value is -3.72. The summed E-state index contributed by atoms with van der Waals surface area (Å²) < 4.78 is 20.2. The van der Waals surface area contributed by atoms with Gasteiger partial charge in [-0.05, 0) is 42.0 Å². The lowest BCUT2D eigenvalue weighted by atomic mass is 10.1. The molecule has 30 heavy (non-hydrogen) atoms. The summed E-state index contributed by atoms with van der Waals surface area (Å²) in [6, 6.07) is 11.8. The number of imidazole rings is 1. The molecule has 1 aromatic carbocycles. The van der Waals surface area contributed by atoms with Crippen LogP contribution in [-0.4, -0.2) is 21.4 Å². The molecule has 0 aliphatic heterocycles. The summed E-state index contributed by atoms with van der Waals surface area (Å²) in [5.41, 5.74) is 0.696. The smallest absolute Gasteiger partial charge is 0.291 e. The summed E-state index contributed by atoms with van der Waals surface area (Å²) in [4.78, 5) is 29.7. The van der Waals surface area contributed by atoms with Gasteiger partial charge in [-0.2, -0.15) is 0 Å². The minimum Gasteiger partial charge on any atom is -0.459 e. The van der Waals surface area contributed by atoms with Crippen LogP contribution in [0.15, 0.2) is 71.6 Å². The molecule has 9 heteroatoms. The second-order valence-corrected chi connectivity index (χ2v) is 7.53. The van der Waals surface area contributed by atoms with Gasteiger partial charge in [-0.3, -0.25) is 9.59 Å². The molecule has 1 atom stereocenters. The fraction of sp³-hybridized carbons (Fsp3) is 0.0952. The summed E-state index contributed by atoms with van der Waals surface area (Å²) in [6.45, 7) is 0. The quantitative estimate of drug-likeness (QED) is 0.490. The van der Waals surface area contributed by atoms with Crippen LogP contribution >= 0.6 is 11.3 Å². The highest BCUT2D eigenvalue weighted by atomic mass is 32.1. The average Bonchev–Trinajstić information content (AvgIpc) is 3.49. The number of carbonyl (C=O) groups is 2. The van der Waals surface area contributed by atoms with Gasteiger partial charge in [-0.1, -0.05) is 12.1 Å². The van der Waals surface area contributed by atoms with Crippen molar-refractivity contribution in [3.63, 3.8) is 0 Å². The molecule has 0 unspecified atom stereocenters. The standard InChI is InChI=1S/C21H17FN4O3S/c1-26-11-10-23-19(26)18(13-4-6-14(22)7-5-13)25-21(28)16-8-9-17(30-16)24-20(27)15-3-2-12-29-15/h2-12,18H,1H3,(H,24,27)(H,25,28)/t18-/m1/s1. The molecular weight excluding hydrogens is 407 g/mol. The summed E-state index contributed by atoms with van der Waals surface area (Å²) >= 11 is 1.13. The predicted molar refractivity (Wildman–Crippen MR) is 110 cm³/mol. The zero-order valence-electron chi connectivity index (χ0n) is 15.8. The minimum atomic E-state index is -0.568. The van der Waals surface area contributed by atoms with Crippen molar-refractivity contribution in [3.8, 4) is 0 Å². The third-order valence-corrected chi connectivity index (χ3v) is 5.41. The number of hydrogen-bond donors (Lipinski definition) is 2.